The second-order valence-electron chi connectivity index (χ2n) is 7.38. The molecule has 28 heavy (non-hydrogen) atoms. The molecule has 2 atom stereocenters. The van der Waals surface area contributed by atoms with Gasteiger partial charge < -0.3 is 18.6 Å². The number of hydrogen-bond acceptors (Lipinski definition) is 4. The summed E-state index contributed by atoms with van der Waals surface area (Å²) in [5, 5.41) is 0. The van der Waals surface area contributed by atoms with Gasteiger partial charge in [-0.1, -0.05) is 24.3 Å². The van der Waals surface area contributed by atoms with Gasteiger partial charge in [0.15, 0.2) is 0 Å². The molecule has 0 saturated carbocycles. The van der Waals surface area contributed by atoms with Crippen molar-refractivity contribution in [2.75, 3.05) is 13.2 Å². The largest absolute Gasteiger partial charge is 0.371 e. The fraction of sp³-hybridized carbons (Fsp3) is 0.273. The zero-order chi connectivity index (χ0) is 18.5. The maximum atomic E-state index is 5.46. The minimum Gasteiger partial charge on any atom is -0.371 e. The van der Waals surface area contributed by atoms with Crippen molar-refractivity contribution in [1.29, 1.82) is 0 Å². The number of hydrogen-bond donors (Lipinski definition) is 0. The highest BCUT2D eigenvalue weighted by atomic mass is 16.6. The van der Waals surface area contributed by atoms with E-state index in [1.807, 2.05) is 12.1 Å². The Labute approximate surface area is 162 Å². The number of ether oxygens (including phenoxy) is 2. The molecule has 0 N–H and O–H groups in total. The molecule has 140 valence electrons. The van der Waals surface area contributed by atoms with Crippen LogP contribution in [-0.2, 0) is 22.6 Å². The summed E-state index contributed by atoms with van der Waals surface area (Å²) in [5.41, 5.74) is 4.28. The molecule has 0 spiro atoms. The predicted octanol–water partition coefficient (Wildman–Crippen LogP) is 3.35. The molecule has 2 aromatic carbocycles. The molecule has 2 aliphatic heterocycles. The number of rotatable bonds is 6. The highest BCUT2D eigenvalue weighted by molar-refractivity contribution is 5.82. The van der Waals surface area contributed by atoms with E-state index in [1.54, 1.807) is 0 Å². The van der Waals surface area contributed by atoms with Crippen molar-refractivity contribution < 1.29 is 9.47 Å². The number of nitrogens with zero attached hydrogens (tertiary/aromatic N) is 4. The standard InChI is InChI=1S/C22H20N4O2/c1-3-7-19-17(5-1)23-21(25(19)11-15-13-27-15)9-10-22-24-18-6-2-4-8-20(18)26(22)12-16-14-28-16/h1-10,15-16H,11-14H2/b10-9+/t15-,16+. The first-order valence-corrected chi connectivity index (χ1v) is 9.67. The van der Waals surface area contributed by atoms with Gasteiger partial charge in [0.2, 0.25) is 0 Å². The Balaban J connectivity index is 1.42. The van der Waals surface area contributed by atoms with Crippen LogP contribution in [0, 0.1) is 0 Å². The van der Waals surface area contributed by atoms with Crippen LogP contribution in [0.2, 0.25) is 0 Å². The van der Waals surface area contributed by atoms with Crippen LogP contribution in [0.5, 0.6) is 0 Å². The van der Waals surface area contributed by atoms with Crippen molar-refractivity contribution in [2.45, 2.75) is 25.3 Å². The summed E-state index contributed by atoms with van der Waals surface area (Å²) >= 11 is 0. The molecule has 6 rings (SSSR count). The first-order valence-electron chi connectivity index (χ1n) is 9.67. The van der Waals surface area contributed by atoms with E-state index in [0.29, 0.717) is 12.2 Å². The smallest absolute Gasteiger partial charge is 0.134 e. The average molecular weight is 372 g/mol. The molecule has 0 radical (unpaired) electrons. The quantitative estimate of drug-likeness (QED) is 0.487. The third-order valence-electron chi connectivity index (χ3n) is 5.33. The van der Waals surface area contributed by atoms with Gasteiger partial charge in [-0.2, -0.15) is 0 Å². The summed E-state index contributed by atoms with van der Waals surface area (Å²) < 4.78 is 15.4. The van der Waals surface area contributed by atoms with E-state index in [0.717, 1.165) is 60.0 Å². The number of fused-ring (bicyclic) bond motifs is 2. The normalized spacial score (nSPS) is 21.1. The summed E-state index contributed by atoms with van der Waals surface area (Å²) in [6.45, 7) is 3.30. The fourth-order valence-electron chi connectivity index (χ4n) is 3.73. The second-order valence-corrected chi connectivity index (χ2v) is 7.38. The number of aromatic nitrogens is 4. The van der Waals surface area contributed by atoms with Gasteiger partial charge in [-0.3, -0.25) is 0 Å². The molecule has 6 heteroatoms. The maximum Gasteiger partial charge on any atom is 0.134 e. The van der Waals surface area contributed by atoms with Crippen molar-refractivity contribution in [3.05, 3.63) is 60.2 Å². The summed E-state index contributed by atoms with van der Waals surface area (Å²) in [6, 6.07) is 16.5. The molecule has 2 saturated heterocycles. The van der Waals surface area contributed by atoms with E-state index in [1.165, 1.54) is 0 Å². The SMILES string of the molecule is C(=C\c1nc2ccccc2n1C[C@@H]1CO1)/c1nc2ccccc2n1C[C@H]1CO1. The second kappa shape index (κ2) is 6.29. The predicted molar refractivity (Wildman–Crippen MR) is 108 cm³/mol. The third kappa shape index (κ3) is 2.91. The molecular formula is C22H20N4O2. The van der Waals surface area contributed by atoms with Crippen molar-refractivity contribution in [3.63, 3.8) is 0 Å². The Bertz CT molecular complexity index is 1100. The van der Waals surface area contributed by atoms with Gasteiger partial charge in [-0.25, -0.2) is 9.97 Å². The van der Waals surface area contributed by atoms with Gasteiger partial charge in [-0.05, 0) is 36.4 Å². The third-order valence-corrected chi connectivity index (χ3v) is 5.33. The van der Waals surface area contributed by atoms with Gasteiger partial charge in [-0.15, -0.1) is 0 Å². The Hall–Kier alpha value is -2.96. The lowest BCUT2D eigenvalue weighted by molar-refractivity contribution is 0.384. The molecule has 2 aliphatic rings. The van der Waals surface area contributed by atoms with E-state index in [4.69, 9.17) is 19.4 Å². The van der Waals surface area contributed by atoms with Gasteiger partial charge >= 0.3 is 0 Å². The van der Waals surface area contributed by atoms with Crippen molar-refractivity contribution >= 4 is 34.2 Å². The molecule has 0 aliphatic carbocycles. The van der Waals surface area contributed by atoms with Crippen LogP contribution in [0.1, 0.15) is 11.6 Å². The van der Waals surface area contributed by atoms with Crippen LogP contribution in [0.15, 0.2) is 48.5 Å². The van der Waals surface area contributed by atoms with Crippen LogP contribution in [0.25, 0.3) is 34.2 Å². The van der Waals surface area contributed by atoms with E-state index in [9.17, 15) is 0 Å². The summed E-state index contributed by atoms with van der Waals surface area (Å²) in [7, 11) is 0. The number of benzene rings is 2. The molecule has 0 amide bonds. The monoisotopic (exact) mass is 372 g/mol. The zero-order valence-corrected chi connectivity index (χ0v) is 15.4. The Morgan fingerprint density at radius 3 is 1.61 bits per heavy atom. The van der Waals surface area contributed by atoms with Crippen LogP contribution < -0.4 is 0 Å². The highest BCUT2D eigenvalue weighted by Gasteiger charge is 2.26. The van der Waals surface area contributed by atoms with Gasteiger partial charge in [0, 0.05) is 0 Å². The van der Waals surface area contributed by atoms with Crippen LogP contribution >= 0.6 is 0 Å². The number of imidazole rings is 2. The van der Waals surface area contributed by atoms with Crippen LogP contribution in [0.3, 0.4) is 0 Å². The molecule has 0 unspecified atom stereocenters. The van der Waals surface area contributed by atoms with Gasteiger partial charge in [0.25, 0.3) is 0 Å². The van der Waals surface area contributed by atoms with Crippen molar-refractivity contribution in [2.24, 2.45) is 0 Å². The minimum atomic E-state index is 0.293. The van der Waals surface area contributed by atoms with Crippen molar-refractivity contribution in [1.82, 2.24) is 19.1 Å². The van der Waals surface area contributed by atoms with Crippen LogP contribution in [0.4, 0.5) is 0 Å². The fourth-order valence-corrected chi connectivity index (χ4v) is 3.73. The summed E-state index contributed by atoms with van der Waals surface area (Å²) in [6.07, 6.45) is 4.71. The molecule has 2 fully saturated rings. The Morgan fingerprint density at radius 1 is 0.750 bits per heavy atom. The van der Waals surface area contributed by atoms with Crippen molar-refractivity contribution in [3.8, 4) is 0 Å². The molecule has 0 bridgehead atoms. The number of epoxide rings is 2. The maximum absolute atomic E-state index is 5.46. The molecule has 6 nitrogen and oxygen atoms in total. The van der Waals surface area contributed by atoms with E-state index in [-0.39, 0.29) is 0 Å². The first kappa shape index (κ1) is 16.0. The Kier molecular flexibility index (Phi) is 3.60. The van der Waals surface area contributed by atoms with Crippen LogP contribution in [-0.4, -0.2) is 44.5 Å². The van der Waals surface area contributed by atoms with E-state index in [2.05, 4.69) is 57.7 Å². The molecule has 4 aromatic rings. The van der Waals surface area contributed by atoms with E-state index < -0.39 is 0 Å². The average Bonchev–Trinajstić information content (AvgIpc) is 3.63. The van der Waals surface area contributed by atoms with Gasteiger partial charge in [0.05, 0.1) is 60.6 Å². The lowest BCUT2D eigenvalue weighted by atomic mass is 10.3. The summed E-state index contributed by atoms with van der Waals surface area (Å²) in [4.78, 5) is 9.65. The summed E-state index contributed by atoms with van der Waals surface area (Å²) in [5.74, 6) is 1.86. The lowest BCUT2D eigenvalue weighted by Crippen LogP contribution is -2.07. The minimum absolute atomic E-state index is 0.293. The lowest BCUT2D eigenvalue weighted by Gasteiger charge is -2.06. The molecule has 4 heterocycles. The zero-order valence-electron chi connectivity index (χ0n) is 15.4. The Morgan fingerprint density at radius 2 is 1.18 bits per heavy atom. The topological polar surface area (TPSA) is 60.7 Å². The number of para-hydroxylation sites is 4. The first-order chi connectivity index (χ1) is 13.8. The molecular weight excluding hydrogens is 352 g/mol. The van der Waals surface area contributed by atoms with Gasteiger partial charge in [0.1, 0.15) is 11.6 Å². The van der Waals surface area contributed by atoms with E-state index >= 15 is 0 Å². The molecule has 2 aromatic heterocycles. The highest BCUT2D eigenvalue weighted by Crippen LogP contribution is 2.24.